The fourth-order valence-corrected chi connectivity index (χ4v) is 2.84. The number of carbonyl (C=O) groups is 1. The van der Waals surface area contributed by atoms with Crippen molar-refractivity contribution < 1.29 is 4.79 Å². The summed E-state index contributed by atoms with van der Waals surface area (Å²) in [5.41, 5.74) is 2.07. The van der Waals surface area contributed by atoms with Crippen LogP contribution >= 0.6 is 11.6 Å². The van der Waals surface area contributed by atoms with Gasteiger partial charge in [-0.25, -0.2) is 0 Å². The van der Waals surface area contributed by atoms with Crippen LogP contribution in [0.25, 0.3) is 0 Å². The van der Waals surface area contributed by atoms with Crippen LogP contribution < -0.4 is 4.90 Å². The monoisotopic (exact) mass is 276 g/mol. The first-order valence-electron chi connectivity index (χ1n) is 6.76. The normalized spacial score (nSPS) is 19.8. The number of carbonyl (C=O) groups excluding carboxylic acids is 1. The van der Waals surface area contributed by atoms with Crippen molar-refractivity contribution >= 4 is 23.2 Å². The quantitative estimate of drug-likeness (QED) is 0.829. The Morgan fingerprint density at radius 3 is 2.37 bits per heavy atom. The minimum absolute atomic E-state index is 0.0721. The SMILES string of the molecule is O=C1C=C(N2CCCCC2)CN1c1ccc(Cl)cc1. The molecule has 2 aliphatic rings. The molecule has 1 aromatic rings. The summed E-state index contributed by atoms with van der Waals surface area (Å²) in [6.07, 6.45) is 5.54. The predicted molar refractivity (Wildman–Crippen MR) is 77.3 cm³/mol. The highest BCUT2D eigenvalue weighted by Crippen LogP contribution is 2.25. The highest BCUT2D eigenvalue weighted by Gasteiger charge is 2.26. The van der Waals surface area contributed by atoms with Gasteiger partial charge < -0.3 is 9.80 Å². The van der Waals surface area contributed by atoms with Gasteiger partial charge in [0.05, 0.1) is 6.54 Å². The van der Waals surface area contributed by atoms with Gasteiger partial charge >= 0.3 is 0 Å². The number of hydrogen-bond donors (Lipinski definition) is 0. The maximum Gasteiger partial charge on any atom is 0.253 e. The van der Waals surface area contributed by atoms with Gasteiger partial charge in [0, 0.05) is 35.6 Å². The molecule has 2 heterocycles. The first kappa shape index (κ1) is 12.5. The van der Waals surface area contributed by atoms with Crippen molar-refractivity contribution in [2.45, 2.75) is 19.3 Å². The van der Waals surface area contributed by atoms with E-state index in [0.717, 1.165) is 24.5 Å². The van der Waals surface area contributed by atoms with E-state index >= 15 is 0 Å². The van der Waals surface area contributed by atoms with Crippen molar-refractivity contribution in [3.8, 4) is 0 Å². The number of anilines is 1. The molecule has 2 aliphatic heterocycles. The molecule has 1 fully saturated rings. The summed E-state index contributed by atoms with van der Waals surface area (Å²) in [6, 6.07) is 7.44. The maximum atomic E-state index is 12.1. The van der Waals surface area contributed by atoms with Gasteiger partial charge in [-0.1, -0.05) is 11.6 Å². The molecule has 0 bridgehead atoms. The van der Waals surface area contributed by atoms with E-state index in [-0.39, 0.29) is 5.91 Å². The molecule has 3 rings (SSSR count). The Balaban J connectivity index is 1.74. The molecule has 1 amide bonds. The Morgan fingerprint density at radius 2 is 1.68 bits per heavy atom. The fraction of sp³-hybridized carbons (Fsp3) is 0.400. The second kappa shape index (κ2) is 5.25. The second-order valence-corrected chi connectivity index (χ2v) is 5.52. The molecular weight excluding hydrogens is 260 g/mol. The zero-order chi connectivity index (χ0) is 13.2. The lowest BCUT2D eigenvalue weighted by Crippen LogP contribution is -2.32. The summed E-state index contributed by atoms with van der Waals surface area (Å²) in [7, 11) is 0. The number of nitrogens with zero attached hydrogens (tertiary/aromatic N) is 2. The summed E-state index contributed by atoms with van der Waals surface area (Å²) in [5, 5.41) is 0.694. The van der Waals surface area contributed by atoms with Gasteiger partial charge in [0.2, 0.25) is 0 Å². The molecule has 1 aromatic carbocycles. The first-order chi connectivity index (χ1) is 9.24. The second-order valence-electron chi connectivity index (χ2n) is 5.08. The Labute approximate surface area is 118 Å². The minimum Gasteiger partial charge on any atom is -0.373 e. The lowest BCUT2D eigenvalue weighted by Gasteiger charge is -2.30. The van der Waals surface area contributed by atoms with E-state index < -0.39 is 0 Å². The Kier molecular flexibility index (Phi) is 3.47. The average molecular weight is 277 g/mol. The third-order valence-electron chi connectivity index (χ3n) is 3.78. The molecule has 3 nitrogen and oxygen atoms in total. The molecule has 0 radical (unpaired) electrons. The lowest BCUT2D eigenvalue weighted by molar-refractivity contribution is -0.113. The van der Waals surface area contributed by atoms with Gasteiger partial charge in [0.25, 0.3) is 5.91 Å². The van der Waals surface area contributed by atoms with E-state index in [1.165, 1.54) is 19.3 Å². The first-order valence-corrected chi connectivity index (χ1v) is 7.14. The topological polar surface area (TPSA) is 23.6 Å². The average Bonchev–Trinajstić information content (AvgIpc) is 2.83. The van der Waals surface area contributed by atoms with Crippen LogP contribution in [-0.2, 0) is 4.79 Å². The van der Waals surface area contributed by atoms with E-state index in [1.54, 1.807) is 11.0 Å². The number of benzene rings is 1. The summed E-state index contributed by atoms with van der Waals surface area (Å²) in [4.78, 5) is 16.3. The highest BCUT2D eigenvalue weighted by molar-refractivity contribution is 6.30. The van der Waals surface area contributed by atoms with E-state index in [1.807, 2.05) is 24.3 Å². The molecule has 0 N–H and O–H groups in total. The molecule has 1 saturated heterocycles. The van der Waals surface area contributed by atoms with Crippen LogP contribution in [0, 0.1) is 0 Å². The smallest absolute Gasteiger partial charge is 0.253 e. The molecule has 0 saturated carbocycles. The number of piperidine rings is 1. The van der Waals surface area contributed by atoms with Gasteiger partial charge in [-0.15, -0.1) is 0 Å². The van der Waals surface area contributed by atoms with Crippen LogP contribution in [0.15, 0.2) is 36.0 Å². The van der Waals surface area contributed by atoms with Gasteiger partial charge in [0.15, 0.2) is 0 Å². The zero-order valence-corrected chi connectivity index (χ0v) is 11.6. The maximum absolute atomic E-state index is 12.1. The summed E-state index contributed by atoms with van der Waals surface area (Å²) in [5.74, 6) is 0.0721. The molecular formula is C15H17ClN2O. The van der Waals surface area contributed by atoms with Crippen molar-refractivity contribution in [3.63, 3.8) is 0 Å². The number of halogens is 1. The molecule has 0 spiro atoms. The van der Waals surface area contributed by atoms with Gasteiger partial charge in [-0.2, -0.15) is 0 Å². The van der Waals surface area contributed by atoms with Crippen molar-refractivity contribution in [1.29, 1.82) is 0 Å². The van der Waals surface area contributed by atoms with Gasteiger partial charge in [-0.05, 0) is 43.5 Å². The molecule has 19 heavy (non-hydrogen) atoms. The number of hydrogen-bond acceptors (Lipinski definition) is 2. The van der Waals surface area contributed by atoms with Crippen LogP contribution in [0.5, 0.6) is 0 Å². The van der Waals surface area contributed by atoms with E-state index in [4.69, 9.17) is 11.6 Å². The zero-order valence-electron chi connectivity index (χ0n) is 10.8. The van der Waals surface area contributed by atoms with Gasteiger partial charge in [-0.3, -0.25) is 4.79 Å². The highest BCUT2D eigenvalue weighted by atomic mass is 35.5. The van der Waals surface area contributed by atoms with E-state index in [0.29, 0.717) is 11.6 Å². The largest absolute Gasteiger partial charge is 0.373 e. The molecule has 0 aromatic heterocycles. The number of rotatable bonds is 2. The Bertz CT molecular complexity index is 503. The number of amides is 1. The summed E-state index contributed by atoms with van der Waals surface area (Å²) in [6.45, 7) is 2.83. The molecule has 0 aliphatic carbocycles. The third kappa shape index (κ3) is 2.61. The third-order valence-corrected chi connectivity index (χ3v) is 4.03. The minimum atomic E-state index is 0.0721. The van der Waals surface area contributed by atoms with E-state index in [9.17, 15) is 4.79 Å². The van der Waals surface area contributed by atoms with E-state index in [2.05, 4.69) is 4.90 Å². The summed E-state index contributed by atoms with van der Waals surface area (Å²) >= 11 is 5.88. The summed E-state index contributed by atoms with van der Waals surface area (Å²) < 4.78 is 0. The molecule has 4 heteroatoms. The van der Waals surface area contributed by atoms with Crippen molar-refractivity contribution in [3.05, 3.63) is 41.1 Å². The standard InChI is InChI=1S/C15H17ClN2O/c16-12-4-6-13(7-5-12)18-11-14(10-15(18)19)17-8-2-1-3-9-17/h4-7,10H,1-3,8-9,11H2. The van der Waals surface area contributed by atoms with Gasteiger partial charge in [0.1, 0.15) is 0 Å². The van der Waals surface area contributed by atoms with Crippen LogP contribution in [-0.4, -0.2) is 30.4 Å². The van der Waals surface area contributed by atoms with Crippen LogP contribution in [0.3, 0.4) is 0 Å². The molecule has 0 atom stereocenters. The predicted octanol–water partition coefficient (Wildman–Crippen LogP) is 3.06. The number of likely N-dealkylation sites (tertiary alicyclic amines) is 1. The molecule has 100 valence electrons. The van der Waals surface area contributed by atoms with Crippen molar-refractivity contribution in [2.75, 3.05) is 24.5 Å². The van der Waals surface area contributed by atoms with Crippen LogP contribution in [0.1, 0.15) is 19.3 Å². The van der Waals surface area contributed by atoms with Crippen LogP contribution in [0.4, 0.5) is 5.69 Å². The van der Waals surface area contributed by atoms with Crippen molar-refractivity contribution in [1.82, 2.24) is 4.90 Å². The Morgan fingerprint density at radius 1 is 1.00 bits per heavy atom. The van der Waals surface area contributed by atoms with Crippen molar-refractivity contribution in [2.24, 2.45) is 0 Å². The Hall–Kier alpha value is -1.48. The fourth-order valence-electron chi connectivity index (χ4n) is 2.72. The van der Waals surface area contributed by atoms with Crippen LogP contribution in [0.2, 0.25) is 5.02 Å². The lowest BCUT2D eigenvalue weighted by atomic mass is 10.1. The molecule has 0 unspecified atom stereocenters.